The van der Waals surface area contributed by atoms with E-state index in [2.05, 4.69) is 5.16 Å². The highest BCUT2D eigenvalue weighted by Crippen LogP contribution is 2.36. The average molecular weight is 248 g/mol. The largest absolute Gasteiger partial charge is 0.475 e. The molecule has 4 nitrogen and oxygen atoms in total. The van der Waals surface area contributed by atoms with Crippen molar-refractivity contribution in [2.24, 2.45) is 0 Å². The molecule has 0 bridgehead atoms. The second-order valence-corrected chi connectivity index (χ2v) is 4.94. The van der Waals surface area contributed by atoms with Gasteiger partial charge in [0, 0.05) is 17.2 Å². The topological polar surface area (TPSA) is 63.3 Å². The highest BCUT2D eigenvalue weighted by molar-refractivity contribution is 7.99. The predicted octanol–water partition coefficient (Wildman–Crippen LogP) is 2.64. The molecule has 2 heterocycles. The van der Waals surface area contributed by atoms with E-state index >= 15 is 0 Å². The van der Waals surface area contributed by atoms with Crippen LogP contribution in [-0.4, -0.2) is 27.7 Å². The molecule has 1 unspecified atom stereocenters. The zero-order chi connectivity index (χ0) is 10.8. The Morgan fingerprint density at radius 2 is 2.47 bits per heavy atom. The van der Waals surface area contributed by atoms with Gasteiger partial charge in [0.2, 0.25) is 5.76 Å². The highest BCUT2D eigenvalue weighted by Gasteiger charge is 2.28. The predicted molar refractivity (Wildman–Crippen MR) is 57.8 cm³/mol. The van der Waals surface area contributed by atoms with Crippen LogP contribution in [0, 0.1) is 0 Å². The lowest BCUT2D eigenvalue weighted by Gasteiger charge is -2.20. The Balaban J connectivity index is 2.32. The van der Waals surface area contributed by atoms with Crippen LogP contribution in [0.3, 0.4) is 0 Å². The van der Waals surface area contributed by atoms with Crippen molar-refractivity contribution < 1.29 is 14.4 Å². The van der Waals surface area contributed by atoms with E-state index in [1.165, 1.54) is 0 Å². The molecule has 0 saturated carbocycles. The molecule has 1 aromatic rings. The lowest BCUT2D eigenvalue weighted by atomic mass is 9.96. The first-order chi connectivity index (χ1) is 7.20. The fourth-order valence-corrected chi connectivity index (χ4v) is 3.18. The van der Waals surface area contributed by atoms with Crippen LogP contribution < -0.4 is 0 Å². The van der Waals surface area contributed by atoms with Crippen LogP contribution in [0.25, 0.3) is 0 Å². The zero-order valence-corrected chi connectivity index (χ0v) is 9.48. The van der Waals surface area contributed by atoms with Gasteiger partial charge in [-0.15, -0.1) is 0 Å². The van der Waals surface area contributed by atoms with Gasteiger partial charge in [0.15, 0.2) is 5.15 Å². The Kier molecular flexibility index (Phi) is 3.21. The van der Waals surface area contributed by atoms with Crippen LogP contribution in [0.15, 0.2) is 4.52 Å². The highest BCUT2D eigenvalue weighted by atomic mass is 35.5. The molecule has 0 spiro atoms. The number of aromatic carboxylic acids is 1. The zero-order valence-electron chi connectivity index (χ0n) is 7.90. The van der Waals surface area contributed by atoms with Crippen molar-refractivity contribution in [2.45, 2.75) is 18.8 Å². The molecule has 15 heavy (non-hydrogen) atoms. The first-order valence-electron chi connectivity index (χ1n) is 4.66. The maximum atomic E-state index is 10.9. The van der Waals surface area contributed by atoms with E-state index in [-0.39, 0.29) is 16.8 Å². The van der Waals surface area contributed by atoms with Crippen LogP contribution in [0.1, 0.15) is 34.9 Å². The first-order valence-corrected chi connectivity index (χ1v) is 6.19. The molecule has 1 N–H and O–H groups in total. The minimum Gasteiger partial charge on any atom is -0.475 e. The first kappa shape index (κ1) is 10.8. The summed E-state index contributed by atoms with van der Waals surface area (Å²) in [4.78, 5) is 10.9. The Morgan fingerprint density at radius 3 is 3.07 bits per heavy atom. The summed E-state index contributed by atoms with van der Waals surface area (Å²) in [6, 6.07) is 0. The summed E-state index contributed by atoms with van der Waals surface area (Å²) in [6.45, 7) is 0. The maximum absolute atomic E-state index is 10.9. The molecule has 2 rings (SSSR count). The third kappa shape index (κ3) is 2.13. The third-order valence-corrected chi connectivity index (χ3v) is 3.93. The fourth-order valence-electron chi connectivity index (χ4n) is 1.75. The van der Waals surface area contributed by atoms with E-state index in [0.717, 1.165) is 24.3 Å². The molecular weight excluding hydrogens is 238 g/mol. The molecule has 1 atom stereocenters. The maximum Gasteiger partial charge on any atom is 0.375 e. The molecular formula is C9H10ClNO3S. The molecule has 0 amide bonds. The number of rotatable bonds is 2. The number of thioether (sulfide) groups is 1. The molecule has 1 aromatic heterocycles. The SMILES string of the molecule is O=C(O)c1onc(Cl)c1C1CCCSC1. The Morgan fingerprint density at radius 1 is 1.67 bits per heavy atom. The number of carbonyl (C=O) groups is 1. The lowest BCUT2D eigenvalue weighted by molar-refractivity contribution is 0.0649. The minimum atomic E-state index is -1.10. The van der Waals surface area contributed by atoms with Crippen LogP contribution in [0.2, 0.25) is 5.15 Å². The molecule has 1 aliphatic rings. The van der Waals surface area contributed by atoms with Gasteiger partial charge in [0.25, 0.3) is 0 Å². The summed E-state index contributed by atoms with van der Waals surface area (Å²) < 4.78 is 4.72. The summed E-state index contributed by atoms with van der Waals surface area (Å²) >= 11 is 7.65. The Hall–Kier alpha value is -0.680. The summed E-state index contributed by atoms with van der Waals surface area (Å²) in [6.07, 6.45) is 2.03. The number of hydrogen-bond acceptors (Lipinski definition) is 4. The summed E-state index contributed by atoms with van der Waals surface area (Å²) in [7, 11) is 0. The standard InChI is InChI=1S/C9H10ClNO3S/c10-8-6(5-2-1-3-15-4-5)7(9(12)13)14-11-8/h5H,1-4H2,(H,12,13). The van der Waals surface area contributed by atoms with Crippen LogP contribution in [-0.2, 0) is 0 Å². The minimum absolute atomic E-state index is 0.104. The van der Waals surface area contributed by atoms with E-state index in [1.807, 2.05) is 11.8 Å². The van der Waals surface area contributed by atoms with Crippen LogP contribution in [0.4, 0.5) is 0 Å². The van der Waals surface area contributed by atoms with E-state index < -0.39 is 5.97 Å². The molecule has 6 heteroatoms. The second-order valence-electron chi connectivity index (χ2n) is 3.44. The molecule has 1 aliphatic heterocycles. The normalized spacial score (nSPS) is 21.5. The van der Waals surface area contributed by atoms with Gasteiger partial charge in [0.05, 0.1) is 0 Å². The van der Waals surface area contributed by atoms with E-state index in [1.54, 1.807) is 0 Å². The molecule has 0 radical (unpaired) electrons. The number of aromatic nitrogens is 1. The second kappa shape index (κ2) is 4.45. The molecule has 0 aliphatic carbocycles. The van der Waals surface area contributed by atoms with Gasteiger partial charge in [-0.05, 0) is 18.6 Å². The van der Waals surface area contributed by atoms with Crippen molar-refractivity contribution in [1.82, 2.24) is 5.16 Å². The molecule has 1 saturated heterocycles. The van der Waals surface area contributed by atoms with E-state index in [9.17, 15) is 4.79 Å². The van der Waals surface area contributed by atoms with E-state index in [4.69, 9.17) is 21.2 Å². The van der Waals surface area contributed by atoms with Crippen molar-refractivity contribution in [2.75, 3.05) is 11.5 Å². The smallest absolute Gasteiger partial charge is 0.375 e. The van der Waals surface area contributed by atoms with Crippen molar-refractivity contribution in [3.8, 4) is 0 Å². The van der Waals surface area contributed by atoms with Gasteiger partial charge >= 0.3 is 5.97 Å². The number of nitrogens with zero attached hydrogens (tertiary/aromatic N) is 1. The third-order valence-electron chi connectivity index (χ3n) is 2.45. The lowest BCUT2D eigenvalue weighted by Crippen LogP contribution is -2.12. The van der Waals surface area contributed by atoms with Crippen LogP contribution >= 0.6 is 23.4 Å². The van der Waals surface area contributed by atoms with Gasteiger partial charge in [-0.1, -0.05) is 16.8 Å². The van der Waals surface area contributed by atoms with Gasteiger partial charge < -0.3 is 9.63 Å². The molecule has 0 aromatic carbocycles. The molecule has 1 fully saturated rings. The average Bonchev–Trinajstić information content (AvgIpc) is 2.61. The number of carboxylic acids is 1. The van der Waals surface area contributed by atoms with Gasteiger partial charge in [-0.2, -0.15) is 11.8 Å². The van der Waals surface area contributed by atoms with Crippen molar-refractivity contribution in [3.63, 3.8) is 0 Å². The van der Waals surface area contributed by atoms with Crippen molar-refractivity contribution in [3.05, 3.63) is 16.5 Å². The summed E-state index contributed by atoms with van der Waals surface area (Å²) in [5.41, 5.74) is 0.566. The summed E-state index contributed by atoms with van der Waals surface area (Å²) in [5.74, 6) is 0.976. The summed E-state index contributed by atoms with van der Waals surface area (Å²) in [5, 5.41) is 12.6. The van der Waals surface area contributed by atoms with Crippen molar-refractivity contribution in [1.29, 1.82) is 0 Å². The van der Waals surface area contributed by atoms with E-state index in [0.29, 0.717) is 5.56 Å². The Labute approximate surface area is 96.0 Å². The van der Waals surface area contributed by atoms with Gasteiger partial charge in [0.1, 0.15) is 0 Å². The fraction of sp³-hybridized carbons (Fsp3) is 0.556. The number of halogens is 1. The monoisotopic (exact) mass is 247 g/mol. The van der Waals surface area contributed by atoms with Crippen LogP contribution in [0.5, 0.6) is 0 Å². The number of hydrogen-bond donors (Lipinski definition) is 1. The number of carboxylic acid groups (broad SMARTS) is 1. The van der Waals surface area contributed by atoms with Crippen molar-refractivity contribution >= 4 is 29.3 Å². The quantitative estimate of drug-likeness (QED) is 0.870. The Bertz CT molecular complexity index is 373. The van der Waals surface area contributed by atoms with Gasteiger partial charge in [-0.25, -0.2) is 4.79 Å². The van der Waals surface area contributed by atoms with Gasteiger partial charge in [-0.3, -0.25) is 0 Å². The molecule has 82 valence electrons.